The summed E-state index contributed by atoms with van der Waals surface area (Å²) in [5, 5.41) is 9.37. The average Bonchev–Trinajstić information content (AvgIpc) is 2.98. The number of benzene rings is 2. The summed E-state index contributed by atoms with van der Waals surface area (Å²) in [6.07, 6.45) is 2.43. The van der Waals surface area contributed by atoms with Gasteiger partial charge >= 0.3 is 0 Å². The lowest BCUT2D eigenvalue weighted by molar-refractivity contribution is 0.248. The molecule has 1 heterocycles. The standard InChI is InChI=1S/C18H21NO2/c1-21-17-10-6-15(7-11-17)18-3-2-12-19(18)13-14-4-8-16(20)9-5-14/h4-11,18,20H,2-3,12-13H2,1H3/t18-/m0/s1. The van der Waals surface area contributed by atoms with E-state index in [4.69, 9.17) is 4.74 Å². The highest BCUT2D eigenvalue weighted by Crippen LogP contribution is 2.33. The highest BCUT2D eigenvalue weighted by atomic mass is 16.5. The van der Waals surface area contributed by atoms with Crippen molar-refractivity contribution < 1.29 is 9.84 Å². The molecule has 0 bridgehead atoms. The summed E-state index contributed by atoms with van der Waals surface area (Å²) >= 11 is 0. The Morgan fingerprint density at radius 3 is 2.48 bits per heavy atom. The molecule has 3 rings (SSSR count). The van der Waals surface area contributed by atoms with Crippen molar-refractivity contribution in [3.05, 3.63) is 59.7 Å². The number of aromatic hydroxyl groups is 1. The first-order valence-corrected chi connectivity index (χ1v) is 7.42. The summed E-state index contributed by atoms with van der Waals surface area (Å²) in [5.74, 6) is 1.23. The topological polar surface area (TPSA) is 32.7 Å². The Morgan fingerprint density at radius 1 is 1.10 bits per heavy atom. The molecule has 1 aliphatic heterocycles. The second-order valence-electron chi connectivity index (χ2n) is 5.57. The highest BCUT2D eigenvalue weighted by Gasteiger charge is 2.25. The summed E-state index contributed by atoms with van der Waals surface area (Å²) in [4.78, 5) is 2.51. The Morgan fingerprint density at radius 2 is 1.81 bits per heavy atom. The number of ether oxygens (including phenoxy) is 1. The van der Waals surface area contributed by atoms with Gasteiger partial charge in [0.05, 0.1) is 7.11 Å². The highest BCUT2D eigenvalue weighted by molar-refractivity contribution is 5.30. The molecular weight excluding hydrogens is 262 g/mol. The SMILES string of the molecule is COc1ccc([C@@H]2CCCN2Cc2ccc(O)cc2)cc1. The van der Waals surface area contributed by atoms with Gasteiger partial charge in [-0.25, -0.2) is 0 Å². The van der Waals surface area contributed by atoms with Crippen LogP contribution in [0.3, 0.4) is 0 Å². The van der Waals surface area contributed by atoms with E-state index in [1.807, 2.05) is 24.3 Å². The molecule has 0 saturated carbocycles. The Bertz CT molecular complexity index is 577. The summed E-state index contributed by atoms with van der Waals surface area (Å²) < 4.78 is 5.23. The smallest absolute Gasteiger partial charge is 0.118 e. The van der Waals surface area contributed by atoms with Gasteiger partial charge in [0.25, 0.3) is 0 Å². The van der Waals surface area contributed by atoms with Gasteiger partial charge in [0.1, 0.15) is 11.5 Å². The normalized spacial score (nSPS) is 18.8. The predicted octanol–water partition coefficient (Wildman–Crippen LogP) is 3.74. The van der Waals surface area contributed by atoms with Crippen LogP contribution in [0.5, 0.6) is 11.5 Å². The lowest BCUT2D eigenvalue weighted by Crippen LogP contribution is -2.22. The minimum atomic E-state index is 0.326. The van der Waals surface area contributed by atoms with Gasteiger partial charge in [-0.05, 0) is 54.8 Å². The minimum Gasteiger partial charge on any atom is -0.508 e. The van der Waals surface area contributed by atoms with Crippen LogP contribution in [0.2, 0.25) is 0 Å². The minimum absolute atomic E-state index is 0.326. The van der Waals surface area contributed by atoms with Gasteiger partial charge in [-0.1, -0.05) is 24.3 Å². The monoisotopic (exact) mass is 283 g/mol. The Hall–Kier alpha value is -2.00. The van der Waals surface area contributed by atoms with E-state index < -0.39 is 0 Å². The third-order valence-electron chi connectivity index (χ3n) is 4.19. The Balaban J connectivity index is 1.73. The van der Waals surface area contributed by atoms with Gasteiger partial charge in [-0.3, -0.25) is 4.90 Å². The maximum absolute atomic E-state index is 9.37. The first-order chi connectivity index (χ1) is 10.3. The number of hydrogen-bond donors (Lipinski definition) is 1. The second kappa shape index (κ2) is 6.19. The number of likely N-dealkylation sites (tertiary alicyclic amines) is 1. The largest absolute Gasteiger partial charge is 0.508 e. The quantitative estimate of drug-likeness (QED) is 0.928. The van der Waals surface area contributed by atoms with Crippen LogP contribution in [0.25, 0.3) is 0 Å². The van der Waals surface area contributed by atoms with Crippen LogP contribution in [0.4, 0.5) is 0 Å². The molecule has 0 aromatic heterocycles. The zero-order valence-electron chi connectivity index (χ0n) is 12.3. The molecule has 0 unspecified atom stereocenters. The van der Waals surface area contributed by atoms with Crippen molar-refractivity contribution >= 4 is 0 Å². The lowest BCUT2D eigenvalue weighted by atomic mass is 10.0. The van der Waals surface area contributed by atoms with E-state index in [9.17, 15) is 5.11 Å². The van der Waals surface area contributed by atoms with E-state index >= 15 is 0 Å². The summed E-state index contributed by atoms with van der Waals surface area (Å²) in [6, 6.07) is 16.4. The fourth-order valence-electron chi connectivity index (χ4n) is 3.05. The molecule has 1 saturated heterocycles. The van der Waals surface area contributed by atoms with Crippen LogP contribution in [0.1, 0.15) is 30.0 Å². The number of phenols is 1. The van der Waals surface area contributed by atoms with E-state index in [-0.39, 0.29) is 0 Å². The Labute approximate surface area is 125 Å². The number of rotatable bonds is 4. The van der Waals surface area contributed by atoms with Crippen LogP contribution >= 0.6 is 0 Å². The van der Waals surface area contributed by atoms with Crippen LogP contribution in [0.15, 0.2) is 48.5 Å². The first kappa shape index (κ1) is 14.0. The van der Waals surface area contributed by atoms with Gasteiger partial charge in [0.15, 0.2) is 0 Å². The van der Waals surface area contributed by atoms with Crippen LogP contribution in [-0.2, 0) is 6.54 Å². The molecular formula is C18H21NO2. The lowest BCUT2D eigenvalue weighted by Gasteiger charge is -2.25. The zero-order valence-corrected chi connectivity index (χ0v) is 12.3. The first-order valence-electron chi connectivity index (χ1n) is 7.42. The van der Waals surface area contributed by atoms with E-state index in [0.29, 0.717) is 11.8 Å². The van der Waals surface area contributed by atoms with Crippen molar-refractivity contribution in [2.45, 2.75) is 25.4 Å². The molecule has 2 aromatic rings. The van der Waals surface area contributed by atoms with Crippen molar-refractivity contribution in [1.82, 2.24) is 4.90 Å². The molecule has 3 nitrogen and oxygen atoms in total. The average molecular weight is 283 g/mol. The van der Waals surface area contributed by atoms with Gasteiger partial charge in [-0.15, -0.1) is 0 Å². The predicted molar refractivity (Wildman–Crippen MR) is 83.5 cm³/mol. The van der Waals surface area contributed by atoms with Crippen LogP contribution in [-0.4, -0.2) is 23.7 Å². The fourth-order valence-corrected chi connectivity index (χ4v) is 3.05. The van der Waals surface area contributed by atoms with Crippen molar-refractivity contribution in [2.75, 3.05) is 13.7 Å². The third kappa shape index (κ3) is 3.19. The summed E-state index contributed by atoms with van der Waals surface area (Å²) in [7, 11) is 1.70. The molecule has 1 aliphatic rings. The van der Waals surface area contributed by atoms with E-state index in [2.05, 4.69) is 17.0 Å². The number of hydrogen-bond acceptors (Lipinski definition) is 3. The molecule has 0 spiro atoms. The van der Waals surface area contributed by atoms with Crippen molar-refractivity contribution in [3.63, 3.8) is 0 Å². The summed E-state index contributed by atoms with van der Waals surface area (Å²) in [6.45, 7) is 2.05. The van der Waals surface area contributed by atoms with E-state index in [1.54, 1.807) is 19.2 Å². The van der Waals surface area contributed by atoms with Gasteiger partial charge in [-0.2, -0.15) is 0 Å². The van der Waals surface area contributed by atoms with Gasteiger partial charge in [0.2, 0.25) is 0 Å². The number of nitrogens with zero attached hydrogens (tertiary/aromatic N) is 1. The molecule has 1 fully saturated rings. The van der Waals surface area contributed by atoms with Crippen molar-refractivity contribution in [3.8, 4) is 11.5 Å². The molecule has 110 valence electrons. The summed E-state index contributed by atoms with van der Waals surface area (Å²) in [5.41, 5.74) is 2.60. The molecule has 0 aliphatic carbocycles. The molecule has 0 amide bonds. The zero-order chi connectivity index (χ0) is 14.7. The molecule has 1 N–H and O–H groups in total. The molecule has 2 aromatic carbocycles. The molecule has 1 atom stereocenters. The van der Waals surface area contributed by atoms with E-state index in [1.165, 1.54) is 24.0 Å². The van der Waals surface area contributed by atoms with Crippen molar-refractivity contribution in [2.24, 2.45) is 0 Å². The fraction of sp³-hybridized carbons (Fsp3) is 0.333. The number of methoxy groups -OCH3 is 1. The third-order valence-corrected chi connectivity index (χ3v) is 4.19. The molecule has 21 heavy (non-hydrogen) atoms. The van der Waals surface area contributed by atoms with Crippen molar-refractivity contribution in [1.29, 1.82) is 0 Å². The Kier molecular flexibility index (Phi) is 4.11. The van der Waals surface area contributed by atoms with Crippen LogP contribution < -0.4 is 4.74 Å². The molecule has 0 radical (unpaired) electrons. The second-order valence-corrected chi connectivity index (χ2v) is 5.57. The van der Waals surface area contributed by atoms with E-state index in [0.717, 1.165) is 18.8 Å². The van der Waals surface area contributed by atoms with Crippen LogP contribution in [0, 0.1) is 0 Å². The van der Waals surface area contributed by atoms with Gasteiger partial charge < -0.3 is 9.84 Å². The molecule has 3 heteroatoms. The maximum Gasteiger partial charge on any atom is 0.118 e. The van der Waals surface area contributed by atoms with Gasteiger partial charge in [0, 0.05) is 12.6 Å². The maximum atomic E-state index is 9.37. The number of phenolic OH excluding ortho intramolecular Hbond substituents is 1.